The van der Waals surface area contributed by atoms with Gasteiger partial charge in [-0.05, 0) is 36.1 Å². The van der Waals surface area contributed by atoms with E-state index in [2.05, 4.69) is 40.3 Å². The molecule has 2 rings (SSSR count). The zero-order valence-corrected chi connectivity index (χ0v) is 13.1. The summed E-state index contributed by atoms with van der Waals surface area (Å²) in [5.74, 6) is 0.422. The number of halogens is 1. The lowest BCUT2D eigenvalue weighted by Gasteiger charge is -2.12. The lowest BCUT2D eigenvalue weighted by molar-refractivity contribution is 0.0952. The second-order valence-corrected chi connectivity index (χ2v) is 5.78. The summed E-state index contributed by atoms with van der Waals surface area (Å²) in [6.45, 7) is 2.86. The molecule has 3 heteroatoms. The Labute approximate surface area is 128 Å². The quantitative estimate of drug-likeness (QED) is 0.865. The average molecular weight is 332 g/mol. The van der Waals surface area contributed by atoms with Crippen LogP contribution in [0.25, 0.3) is 0 Å². The van der Waals surface area contributed by atoms with Crippen molar-refractivity contribution in [3.8, 4) is 0 Å². The number of carbonyl (C=O) groups is 1. The maximum Gasteiger partial charge on any atom is 0.251 e. The van der Waals surface area contributed by atoms with Gasteiger partial charge in [-0.3, -0.25) is 4.79 Å². The minimum atomic E-state index is -0.0217. The first-order valence-corrected chi connectivity index (χ1v) is 7.55. The second kappa shape index (κ2) is 7.25. The van der Waals surface area contributed by atoms with Crippen LogP contribution in [0, 0.1) is 0 Å². The number of carbonyl (C=O) groups excluding carboxylic acids is 1. The van der Waals surface area contributed by atoms with E-state index in [-0.39, 0.29) is 5.91 Å². The van der Waals surface area contributed by atoms with Crippen LogP contribution in [0.1, 0.15) is 35.2 Å². The summed E-state index contributed by atoms with van der Waals surface area (Å²) in [4.78, 5) is 12.0. The summed E-state index contributed by atoms with van der Waals surface area (Å²) in [5.41, 5.74) is 2.00. The molecule has 2 aromatic carbocycles. The predicted molar refractivity (Wildman–Crippen MR) is 85.9 cm³/mol. The van der Waals surface area contributed by atoms with E-state index in [4.69, 9.17) is 0 Å². The van der Waals surface area contributed by atoms with Gasteiger partial charge in [0.05, 0.1) is 0 Å². The van der Waals surface area contributed by atoms with Crippen LogP contribution in [-0.4, -0.2) is 12.5 Å². The molecule has 1 unspecified atom stereocenters. The SMILES string of the molecule is CC(CCNC(=O)c1cccc(Br)c1)c1ccccc1. The highest BCUT2D eigenvalue weighted by atomic mass is 79.9. The van der Waals surface area contributed by atoms with Crippen LogP contribution in [0.5, 0.6) is 0 Å². The summed E-state index contributed by atoms with van der Waals surface area (Å²) >= 11 is 3.37. The number of hydrogen-bond donors (Lipinski definition) is 1. The Hall–Kier alpha value is -1.61. The topological polar surface area (TPSA) is 29.1 Å². The van der Waals surface area contributed by atoms with Gasteiger partial charge in [0, 0.05) is 16.6 Å². The zero-order valence-electron chi connectivity index (χ0n) is 11.5. The number of amides is 1. The fraction of sp³-hybridized carbons (Fsp3) is 0.235. The molecule has 0 heterocycles. The van der Waals surface area contributed by atoms with Crippen LogP contribution >= 0.6 is 15.9 Å². The third kappa shape index (κ3) is 4.20. The van der Waals surface area contributed by atoms with Gasteiger partial charge in [0.25, 0.3) is 5.91 Å². The smallest absolute Gasteiger partial charge is 0.251 e. The van der Waals surface area contributed by atoms with Crippen molar-refractivity contribution in [3.05, 3.63) is 70.2 Å². The minimum absolute atomic E-state index is 0.0217. The van der Waals surface area contributed by atoms with E-state index in [1.54, 1.807) is 0 Å². The molecule has 0 bridgehead atoms. The largest absolute Gasteiger partial charge is 0.352 e. The summed E-state index contributed by atoms with van der Waals surface area (Å²) < 4.78 is 0.919. The lowest BCUT2D eigenvalue weighted by Crippen LogP contribution is -2.25. The zero-order chi connectivity index (χ0) is 14.4. The predicted octanol–water partition coefficient (Wildman–Crippen LogP) is 4.37. The highest BCUT2D eigenvalue weighted by molar-refractivity contribution is 9.10. The number of hydrogen-bond acceptors (Lipinski definition) is 1. The Morgan fingerprint density at radius 2 is 1.90 bits per heavy atom. The van der Waals surface area contributed by atoms with Gasteiger partial charge in [0.15, 0.2) is 0 Å². The fourth-order valence-corrected chi connectivity index (χ4v) is 2.48. The molecule has 20 heavy (non-hydrogen) atoms. The van der Waals surface area contributed by atoms with E-state index in [0.29, 0.717) is 18.0 Å². The highest BCUT2D eigenvalue weighted by Crippen LogP contribution is 2.17. The van der Waals surface area contributed by atoms with Crippen LogP contribution in [0.4, 0.5) is 0 Å². The van der Waals surface area contributed by atoms with Crippen molar-refractivity contribution >= 4 is 21.8 Å². The van der Waals surface area contributed by atoms with Crippen molar-refractivity contribution in [1.82, 2.24) is 5.32 Å². The van der Waals surface area contributed by atoms with E-state index in [1.807, 2.05) is 42.5 Å². The standard InChI is InChI=1S/C17H18BrNO/c1-13(14-6-3-2-4-7-14)10-11-19-17(20)15-8-5-9-16(18)12-15/h2-9,12-13H,10-11H2,1H3,(H,19,20). The fourth-order valence-electron chi connectivity index (χ4n) is 2.08. The Bertz CT molecular complexity index is 568. The van der Waals surface area contributed by atoms with Crippen LogP contribution in [-0.2, 0) is 0 Å². The summed E-state index contributed by atoms with van der Waals surface area (Å²) in [6, 6.07) is 17.8. The molecule has 0 aliphatic rings. The maximum absolute atomic E-state index is 12.0. The van der Waals surface area contributed by atoms with Crippen LogP contribution in [0.2, 0.25) is 0 Å². The third-order valence-electron chi connectivity index (χ3n) is 3.32. The molecule has 1 atom stereocenters. The molecule has 0 aliphatic heterocycles. The van der Waals surface area contributed by atoms with Gasteiger partial charge in [0.2, 0.25) is 0 Å². The summed E-state index contributed by atoms with van der Waals surface area (Å²) in [5, 5.41) is 2.97. The van der Waals surface area contributed by atoms with Gasteiger partial charge >= 0.3 is 0 Å². The van der Waals surface area contributed by atoms with Gasteiger partial charge in [0.1, 0.15) is 0 Å². The molecule has 104 valence electrons. The first kappa shape index (κ1) is 14.8. The van der Waals surface area contributed by atoms with Crippen LogP contribution in [0.3, 0.4) is 0 Å². The highest BCUT2D eigenvalue weighted by Gasteiger charge is 2.08. The molecule has 0 saturated heterocycles. The molecule has 0 fully saturated rings. The second-order valence-electron chi connectivity index (χ2n) is 4.87. The Morgan fingerprint density at radius 3 is 2.60 bits per heavy atom. The van der Waals surface area contributed by atoms with Gasteiger partial charge in [-0.2, -0.15) is 0 Å². The molecule has 1 amide bonds. The first-order chi connectivity index (χ1) is 9.66. The normalized spacial score (nSPS) is 11.9. The number of benzene rings is 2. The monoisotopic (exact) mass is 331 g/mol. The van der Waals surface area contributed by atoms with Crippen molar-refractivity contribution < 1.29 is 4.79 Å². The Kier molecular flexibility index (Phi) is 5.36. The molecule has 2 aromatic rings. The van der Waals surface area contributed by atoms with E-state index in [0.717, 1.165) is 10.9 Å². The molecule has 0 radical (unpaired) electrons. The van der Waals surface area contributed by atoms with Crippen molar-refractivity contribution in [1.29, 1.82) is 0 Å². The van der Waals surface area contributed by atoms with Gasteiger partial charge < -0.3 is 5.32 Å². The Balaban J connectivity index is 1.83. The first-order valence-electron chi connectivity index (χ1n) is 6.75. The van der Waals surface area contributed by atoms with Crippen LogP contribution < -0.4 is 5.32 Å². The van der Waals surface area contributed by atoms with E-state index in [1.165, 1.54) is 5.56 Å². The van der Waals surface area contributed by atoms with E-state index >= 15 is 0 Å². The van der Waals surface area contributed by atoms with Crippen molar-refractivity contribution in [2.24, 2.45) is 0 Å². The van der Waals surface area contributed by atoms with Gasteiger partial charge in [-0.1, -0.05) is 59.3 Å². The number of nitrogens with one attached hydrogen (secondary N) is 1. The molecule has 2 nitrogen and oxygen atoms in total. The summed E-state index contributed by atoms with van der Waals surface area (Å²) in [6.07, 6.45) is 0.934. The molecule has 0 saturated carbocycles. The average Bonchev–Trinajstić information content (AvgIpc) is 2.48. The minimum Gasteiger partial charge on any atom is -0.352 e. The lowest BCUT2D eigenvalue weighted by atomic mass is 9.98. The van der Waals surface area contributed by atoms with E-state index in [9.17, 15) is 4.79 Å². The van der Waals surface area contributed by atoms with Crippen molar-refractivity contribution in [2.45, 2.75) is 19.3 Å². The van der Waals surface area contributed by atoms with Gasteiger partial charge in [-0.15, -0.1) is 0 Å². The summed E-state index contributed by atoms with van der Waals surface area (Å²) in [7, 11) is 0. The number of rotatable bonds is 5. The van der Waals surface area contributed by atoms with Crippen molar-refractivity contribution in [2.75, 3.05) is 6.54 Å². The van der Waals surface area contributed by atoms with Crippen LogP contribution in [0.15, 0.2) is 59.1 Å². The molecule has 0 spiro atoms. The van der Waals surface area contributed by atoms with E-state index < -0.39 is 0 Å². The maximum atomic E-state index is 12.0. The molecular formula is C17H18BrNO. The van der Waals surface area contributed by atoms with Gasteiger partial charge in [-0.25, -0.2) is 0 Å². The molecular weight excluding hydrogens is 314 g/mol. The third-order valence-corrected chi connectivity index (χ3v) is 3.81. The Morgan fingerprint density at radius 1 is 1.15 bits per heavy atom. The molecule has 1 N–H and O–H groups in total. The molecule has 0 aliphatic carbocycles. The van der Waals surface area contributed by atoms with Crippen molar-refractivity contribution in [3.63, 3.8) is 0 Å². The molecule has 0 aromatic heterocycles.